The molecule has 0 aliphatic carbocycles. The molecule has 4 nitrogen and oxygen atoms in total. The quantitative estimate of drug-likeness (QED) is 0.757. The van der Waals surface area contributed by atoms with Crippen LogP contribution in [0.5, 0.6) is 5.88 Å². The van der Waals surface area contributed by atoms with E-state index in [9.17, 15) is 0 Å². The Morgan fingerprint density at radius 1 is 1.38 bits per heavy atom. The molecule has 0 atom stereocenters. The van der Waals surface area contributed by atoms with Gasteiger partial charge in [-0.1, -0.05) is 33.6 Å². The lowest BCUT2D eigenvalue weighted by Crippen LogP contribution is -2.03. The van der Waals surface area contributed by atoms with Crippen molar-refractivity contribution < 1.29 is 4.74 Å². The van der Waals surface area contributed by atoms with Crippen molar-refractivity contribution in [2.75, 3.05) is 12.3 Å². The van der Waals surface area contributed by atoms with E-state index in [0.717, 1.165) is 18.7 Å². The lowest BCUT2D eigenvalue weighted by atomic mass is 10.1. The van der Waals surface area contributed by atoms with Gasteiger partial charge in [-0.05, 0) is 12.3 Å². The first kappa shape index (κ1) is 12.9. The molecule has 1 heterocycles. The highest BCUT2D eigenvalue weighted by Gasteiger charge is 2.16. The van der Waals surface area contributed by atoms with Crippen LogP contribution >= 0.6 is 0 Å². The van der Waals surface area contributed by atoms with Crippen molar-refractivity contribution in [3.8, 4) is 5.88 Å². The van der Waals surface area contributed by atoms with Gasteiger partial charge in [0.05, 0.1) is 12.3 Å². The average Bonchev–Trinajstić information content (AvgIpc) is 2.51. The Labute approximate surface area is 97.8 Å². The number of unbranched alkanes of at least 4 members (excludes halogenated alkanes) is 2. The van der Waals surface area contributed by atoms with Gasteiger partial charge in [0, 0.05) is 7.05 Å². The number of hydrogen-bond acceptors (Lipinski definition) is 3. The monoisotopic (exact) mass is 225 g/mol. The minimum absolute atomic E-state index is 0.333. The Morgan fingerprint density at radius 3 is 2.56 bits per heavy atom. The summed E-state index contributed by atoms with van der Waals surface area (Å²) in [5, 5.41) is 4.38. The van der Waals surface area contributed by atoms with Crippen molar-refractivity contribution in [1.82, 2.24) is 9.78 Å². The van der Waals surface area contributed by atoms with Gasteiger partial charge < -0.3 is 10.5 Å². The van der Waals surface area contributed by atoms with E-state index in [1.54, 1.807) is 4.68 Å². The number of hydrogen-bond donors (Lipinski definition) is 1. The van der Waals surface area contributed by atoms with Gasteiger partial charge in [0.2, 0.25) is 5.88 Å². The van der Waals surface area contributed by atoms with Crippen LogP contribution < -0.4 is 10.5 Å². The molecule has 0 spiro atoms. The van der Waals surface area contributed by atoms with Crippen LogP contribution in [0.25, 0.3) is 0 Å². The molecule has 0 bridgehead atoms. The number of aryl methyl sites for hydroxylation is 1. The van der Waals surface area contributed by atoms with E-state index >= 15 is 0 Å². The number of rotatable bonds is 6. The molecule has 0 amide bonds. The normalized spacial score (nSPS) is 11.1. The van der Waals surface area contributed by atoms with Crippen LogP contribution in [0, 0.1) is 0 Å². The van der Waals surface area contributed by atoms with Crippen LogP contribution in [-0.4, -0.2) is 16.4 Å². The molecule has 0 unspecified atom stereocenters. The molecule has 1 rings (SSSR count). The minimum atomic E-state index is 0.333. The van der Waals surface area contributed by atoms with Gasteiger partial charge in [-0.2, -0.15) is 5.10 Å². The zero-order chi connectivity index (χ0) is 12.1. The third kappa shape index (κ3) is 2.90. The van der Waals surface area contributed by atoms with Crippen molar-refractivity contribution in [3.63, 3.8) is 0 Å². The second kappa shape index (κ2) is 5.77. The first-order valence-corrected chi connectivity index (χ1v) is 6.03. The fourth-order valence-corrected chi connectivity index (χ4v) is 1.66. The minimum Gasteiger partial charge on any atom is -0.476 e. The predicted molar refractivity (Wildman–Crippen MR) is 66.7 cm³/mol. The molecule has 0 radical (unpaired) electrons. The maximum absolute atomic E-state index is 6.01. The molecule has 0 saturated carbocycles. The second-order valence-corrected chi connectivity index (χ2v) is 4.44. The number of nitrogen functional groups attached to an aromatic ring is 1. The van der Waals surface area contributed by atoms with E-state index in [-0.39, 0.29) is 0 Å². The molecule has 0 fully saturated rings. The molecule has 1 aromatic heterocycles. The van der Waals surface area contributed by atoms with Gasteiger partial charge in [0.15, 0.2) is 0 Å². The van der Waals surface area contributed by atoms with E-state index in [0.29, 0.717) is 17.5 Å². The van der Waals surface area contributed by atoms with Crippen LogP contribution in [0.1, 0.15) is 51.6 Å². The molecule has 0 aliphatic rings. The van der Waals surface area contributed by atoms with Gasteiger partial charge in [0.25, 0.3) is 0 Å². The summed E-state index contributed by atoms with van der Waals surface area (Å²) in [4.78, 5) is 0. The van der Waals surface area contributed by atoms with E-state index < -0.39 is 0 Å². The van der Waals surface area contributed by atoms with E-state index in [1.165, 1.54) is 12.8 Å². The SMILES string of the molecule is CCCCCOc1c(N)c(C(C)C)nn1C. The molecule has 2 N–H and O–H groups in total. The van der Waals surface area contributed by atoms with Gasteiger partial charge in [-0.25, -0.2) is 4.68 Å². The van der Waals surface area contributed by atoms with Crippen LogP contribution in [-0.2, 0) is 7.05 Å². The van der Waals surface area contributed by atoms with Crippen molar-refractivity contribution in [1.29, 1.82) is 0 Å². The molecular weight excluding hydrogens is 202 g/mol. The van der Waals surface area contributed by atoms with E-state index in [1.807, 2.05) is 7.05 Å². The number of anilines is 1. The summed E-state index contributed by atoms with van der Waals surface area (Å²) in [5.74, 6) is 1.04. The largest absolute Gasteiger partial charge is 0.476 e. The molecule has 0 aliphatic heterocycles. The van der Waals surface area contributed by atoms with Crippen molar-refractivity contribution in [2.24, 2.45) is 7.05 Å². The van der Waals surface area contributed by atoms with E-state index in [4.69, 9.17) is 10.5 Å². The summed E-state index contributed by atoms with van der Waals surface area (Å²) >= 11 is 0. The van der Waals surface area contributed by atoms with Gasteiger partial charge in [-0.15, -0.1) is 0 Å². The molecule has 4 heteroatoms. The lowest BCUT2D eigenvalue weighted by Gasteiger charge is -2.06. The van der Waals surface area contributed by atoms with Crippen LogP contribution in [0.2, 0.25) is 0 Å². The number of nitrogens with two attached hydrogens (primary N) is 1. The summed E-state index contributed by atoms with van der Waals surface area (Å²) in [5.41, 5.74) is 7.62. The zero-order valence-corrected chi connectivity index (χ0v) is 10.8. The van der Waals surface area contributed by atoms with Crippen molar-refractivity contribution >= 4 is 5.69 Å². The Kier molecular flexibility index (Phi) is 4.65. The number of nitrogens with zero attached hydrogens (tertiary/aromatic N) is 2. The van der Waals surface area contributed by atoms with Crippen LogP contribution in [0.3, 0.4) is 0 Å². The summed E-state index contributed by atoms with van der Waals surface area (Å²) in [6.45, 7) is 7.06. The molecule has 1 aromatic rings. The highest BCUT2D eigenvalue weighted by atomic mass is 16.5. The average molecular weight is 225 g/mol. The Bertz CT molecular complexity index is 331. The van der Waals surface area contributed by atoms with Crippen LogP contribution in [0.4, 0.5) is 5.69 Å². The van der Waals surface area contributed by atoms with E-state index in [2.05, 4.69) is 25.9 Å². The van der Waals surface area contributed by atoms with Gasteiger partial charge in [0.1, 0.15) is 5.69 Å². The maximum atomic E-state index is 6.01. The molecular formula is C12H23N3O. The summed E-state index contributed by atoms with van der Waals surface area (Å²) in [6, 6.07) is 0. The number of ether oxygens (including phenoxy) is 1. The standard InChI is InChI=1S/C12H23N3O/c1-5-6-7-8-16-12-10(13)11(9(2)3)14-15(12)4/h9H,5-8,13H2,1-4H3. The zero-order valence-electron chi connectivity index (χ0n) is 10.8. The van der Waals surface area contributed by atoms with Crippen LogP contribution in [0.15, 0.2) is 0 Å². The maximum Gasteiger partial charge on any atom is 0.235 e. The fourth-order valence-electron chi connectivity index (χ4n) is 1.66. The topological polar surface area (TPSA) is 53.1 Å². The first-order valence-electron chi connectivity index (χ1n) is 6.03. The highest BCUT2D eigenvalue weighted by molar-refractivity contribution is 5.54. The fraction of sp³-hybridized carbons (Fsp3) is 0.750. The molecule has 0 aromatic carbocycles. The smallest absolute Gasteiger partial charge is 0.235 e. The first-order chi connectivity index (χ1) is 7.57. The third-order valence-corrected chi connectivity index (χ3v) is 2.59. The molecule has 0 saturated heterocycles. The molecule has 16 heavy (non-hydrogen) atoms. The van der Waals surface area contributed by atoms with Crippen molar-refractivity contribution in [3.05, 3.63) is 5.69 Å². The Hall–Kier alpha value is -1.19. The Morgan fingerprint density at radius 2 is 2.06 bits per heavy atom. The Balaban J connectivity index is 2.65. The van der Waals surface area contributed by atoms with Crippen molar-refractivity contribution in [2.45, 2.75) is 46.0 Å². The summed E-state index contributed by atoms with van der Waals surface area (Å²) in [7, 11) is 1.87. The third-order valence-electron chi connectivity index (χ3n) is 2.59. The van der Waals surface area contributed by atoms with Gasteiger partial charge >= 0.3 is 0 Å². The highest BCUT2D eigenvalue weighted by Crippen LogP contribution is 2.29. The lowest BCUT2D eigenvalue weighted by molar-refractivity contribution is 0.282. The summed E-state index contributed by atoms with van der Waals surface area (Å²) in [6.07, 6.45) is 3.45. The predicted octanol–water partition coefficient (Wildman–Crippen LogP) is 2.69. The second-order valence-electron chi connectivity index (χ2n) is 4.44. The van der Waals surface area contributed by atoms with Gasteiger partial charge in [-0.3, -0.25) is 0 Å². The molecule has 92 valence electrons. The number of aromatic nitrogens is 2. The summed E-state index contributed by atoms with van der Waals surface area (Å²) < 4.78 is 7.41.